The molecule has 0 bridgehead atoms. The number of aliphatic hydroxyl groups is 4. The van der Waals surface area contributed by atoms with Crippen LogP contribution in [-0.2, 0) is 0 Å². The lowest BCUT2D eigenvalue weighted by molar-refractivity contribution is 0.0536. The zero-order valence-corrected chi connectivity index (χ0v) is 20.1. The Balaban J connectivity index is 1.62. The number of nitrogens with zero attached hydrogens (tertiary/aromatic N) is 1. The molecule has 0 radical (unpaired) electrons. The number of ether oxygens (including phenoxy) is 2. The van der Waals surface area contributed by atoms with E-state index in [1.165, 1.54) is 0 Å². The first-order chi connectivity index (χ1) is 18.1. The highest BCUT2D eigenvalue weighted by Crippen LogP contribution is 2.37. The lowest BCUT2D eigenvalue weighted by Crippen LogP contribution is -2.21. The fraction of sp³-hybridized carbons (Fsp3) is 0.133. The molecule has 0 heterocycles. The van der Waals surface area contributed by atoms with Crippen LogP contribution >= 0.6 is 0 Å². The molecule has 7 heteroatoms. The quantitative estimate of drug-likeness (QED) is 0.191. The van der Waals surface area contributed by atoms with Gasteiger partial charge in [-0.1, -0.05) is 42.5 Å². The first-order valence-corrected chi connectivity index (χ1v) is 11.8. The summed E-state index contributed by atoms with van der Waals surface area (Å²) in [7, 11) is 0. The standard InChI is InChI=1S/C30H29NO6/c32-18-27(34)20-36-29-14-10-25(11-15-29)31(26-12-16-30(17-13-26)37-21-28(35)19-33)24-8-6-23(7-9-24)22-4-2-1-3-5-22/h1-18,28,32-35H,19-21H2/b27-18+. The minimum Gasteiger partial charge on any atom is -0.512 e. The zero-order chi connectivity index (χ0) is 26.0. The van der Waals surface area contributed by atoms with E-state index in [4.69, 9.17) is 19.7 Å². The maximum Gasteiger partial charge on any atom is 0.164 e. The minimum absolute atomic E-state index is 0.00297. The summed E-state index contributed by atoms with van der Waals surface area (Å²) in [5.41, 5.74) is 4.95. The minimum atomic E-state index is -0.935. The van der Waals surface area contributed by atoms with Crippen molar-refractivity contribution in [2.75, 3.05) is 24.7 Å². The van der Waals surface area contributed by atoms with Crippen LogP contribution in [0.15, 0.2) is 115 Å². The third-order valence-corrected chi connectivity index (χ3v) is 5.61. The molecule has 1 atom stereocenters. The molecule has 0 aliphatic heterocycles. The first kappa shape index (κ1) is 25.6. The van der Waals surface area contributed by atoms with Gasteiger partial charge in [-0.15, -0.1) is 0 Å². The maximum absolute atomic E-state index is 9.55. The molecule has 0 spiro atoms. The van der Waals surface area contributed by atoms with Crippen molar-refractivity contribution >= 4 is 17.1 Å². The van der Waals surface area contributed by atoms with Gasteiger partial charge in [-0.25, -0.2) is 0 Å². The van der Waals surface area contributed by atoms with Gasteiger partial charge in [0.1, 0.15) is 37.1 Å². The topological polar surface area (TPSA) is 103 Å². The SMILES string of the molecule is O/C=C(/O)COc1ccc(N(c2ccc(OCC(O)CO)cc2)c2ccc(-c3ccccc3)cc2)cc1. The Morgan fingerprint density at radius 2 is 1.19 bits per heavy atom. The van der Waals surface area contributed by atoms with E-state index in [0.717, 1.165) is 28.2 Å². The molecule has 4 aromatic carbocycles. The molecule has 37 heavy (non-hydrogen) atoms. The second-order valence-electron chi connectivity index (χ2n) is 8.29. The highest BCUT2D eigenvalue weighted by atomic mass is 16.5. The maximum atomic E-state index is 9.55. The first-order valence-electron chi connectivity index (χ1n) is 11.8. The van der Waals surface area contributed by atoms with Crippen LogP contribution in [-0.4, -0.2) is 46.4 Å². The van der Waals surface area contributed by atoms with E-state index in [1.54, 1.807) is 12.1 Å². The Morgan fingerprint density at radius 1 is 0.703 bits per heavy atom. The lowest BCUT2D eigenvalue weighted by atomic mass is 10.0. The van der Waals surface area contributed by atoms with Crippen LogP contribution < -0.4 is 14.4 Å². The van der Waals surface area contributed by atoms with Gasteiger partial charge in [0.25, 0.3) is 0 Å². The number of anilines is 3. The largest absolute Gasteiger partial charge is 0.512 e. The lowest BCUT2D eigenvalue weighted by Gasteiger charge is -2.26. The molecular formula is C30H29NO6. The van der Waals surface area contributed by atoms with Gasteiger partial charge in [-0.2, -0.15) is 0 Å². The van der Waals surface area contributed by atoms with Gasteiger partial charge in [0.15, 0.2) is 5.76 Å². The summed E-state index contributed by atoms with van der Waals surface area (Å²) in [6, 6.07) is 33.3. The van der Waals surface area contributed by atoms with Gasteiger partial charge in [-0.05, 0) is 71.8 Å². The van der Waals surface area contributed by atoms with Crippen LogP contribution in [0, 0.1) is 0 Å². The Kier molecular flexibility index (Phi) is 8.65. The molecule has 0 fully saturated rings. The van der Waals surface area contributed by atoms with E-state index in [0.29, 0.717) is 17.8 Å². The molecule has 7 nitrogen and oxygen atoms in total. The van der Waals surface area contributed by atoms with Gasteiger partial charge < -0.3 is 34.8 Å². The molecular weight excluding hydrogens is 470 g/mol. The van der Waals surface area contributed by atoms with Crippen molar-refractivity contribution in [1.29, 1.82) is 0 Å². The number of hydrogen-bond acceptors (Lipinski definition) is 7. The summed E-state index contributed by atoms with van der Waals surface area (Å²) >= 11 is 0. The molecule has 1 unspecified atom stereocenters. The number of rotatable bonds is 11. The summed E-state index contributed by atoms with van der Waals surface area (Å²) in [6.45, 7) is -0.490. The normalized spacial score (nSPS) is 12.1. The van der Waals surface area contributed by atoms with Gasteiger partial charge in [0.2, 0.25) is 0 Å². The van der Waals surface area contributed by atoms with E-state index >= 15 is 0 Å². The molecule has 0 aliphatic rings. The third kappa shape index (κ3) is 6.82. The average molecular weight is 500 g/mol. The molecule has 0 aromatic heterocycles. The zero-order valence-electron chi connectivity index (χ0n) is 20.1. The predicted molar refractivity (Wildman–Crippen MR) is 144 cm³/mol. The van der Waals surface area contributed by atoms with Crippen molar-refractivity contribution in [3.8, 4) is 22.6 Å². The fourth-order valence-corrected chi connectivity index (χ4v) is 3.70. The second-order valence-corrected chi connectivity index (χ2v) is 8.29. The molecule has 4 rings (SSSR count). The van der Waals surface area contributed by atoms with Crippen LogP contribution in [0.5, 0.6) is 11.5 Å². The monoisotopic (exact) mass is 499 g/mol. The summed E-state index contributed by atoms with van der Waals surface area (Å²) in [4.78, 5) is 2.08. The van der Waals surface area contributed by atoms with Gasteiger partial charge in [0, 0.05) is 17.1 Å². The second kappa shape index (κ2) is 12.5. The van der Waals surface area contributed by atoms with E-state index < -0.39 is 6.10 Å². The van der Waals surface area contributed by atoms with Crippen molar-refractivity contribution in [1.82, 2.24) is 0 Å². The summed E-state index contributed by atoms with van der Waals surface area (Å²) < 4.78 is 11.0. The van der Waals surface area contributed by atoms with Crippen LogP contribution in [0.3, 0.4) is 0 Å². The van der Waals surface area contributed by atoms with E-state index in [1.807, 2.05) is 54.6 Å². The highest BCUT2D eigenvalue weighted by molar-refractivity contribution is 5.78. The third-order valence-electron chi connectivity index (χ3n) is 5.61. The molecule has 0 saturated carbocycles. The Morgan fingerprint density at radius 3 is 1.70 bits per heavy atom. The molecule has 0 aliphatic carbocycles. The molecule has 0 amide bonds. The Labute approximate surface area is 215 Å². The van der Waals surface area contributed by atoms with Crippen LogP contribution in [0.25, 0.3) is 11.1 Å². The van der Waals surface area contributed by atoms with Crippen molar-refractivity contribution < 1.29 is 29.9 Å². The van der Waals surface area contributed by atoms with E-state index in [9.17, 15) is 10.2 Å². The highest BCUT2D eigenvalue weighted by Gasteiger charge is 2.14. The van der Waals surface area contributed by atoms with Gasteiger partial charge in [0.05, 0.1) is 6.61 Å². The van der Waals surface area contributed by atoms with Crippen molar-refractivity contribution in [3.63, 3.8) is 0 Å². The van der Waals surface area contributed by atoms with Crippen LogP contribution in [0.2, 0.25) is 0 Å². The van der Waals surface area contributed by atoms with Crippen molar-refractivity contribution in [3.05, 3.63) is 115 Å². The average Bonchev–Trinajstić information content (AvgIpc) is 2.97. The fourth-order valence-electron chi connectivity index (χ4n) is 3.70. The molecule has 0 saturated heterocycles. The van der Waals surface area contributed by atoms with E-state index in [-0.39, 0.29) is 25.6 Å². The summed E-state index contributed by atoms with van der Waals surface area (Å²) in [5, 5.41) is 36.8. The summed E-state index contributed by atoms with van der Waals surface area (Å²) in [5.74, 6) is 0.858. The molecule has 4 aromatic rings. The van der Waals surface area contributed by atoms with Crippen LogP contribution in [0.4, 0.5) is 17.1 Å². The predicted octanol–water partition coefficient (Wildman–Crippen LogP) is 5.89. The van der Waals surface area contributed by atoms with Crippen molar-refractivity contribution in [2.24, 2.45) is 0 Å². The van der Waals surface area contributed by atoms with Crippen LogP contribution in [0.1, 0.15) is 0 Å². The smallest absolute Gasteiger partial charge is 0.164 e. The Bertz CT molecular complexity index is 1270. The van der Waals surface area contributed by atoms with Crippen molar-refractivity contribution in [2.45, 2.75) is 6.10 Å². The summed E-state index contributed by atoms with van der Waals surface area (Å²) in [6.07, 6.45) is -0.331. The number of aliphatic hydroxyl groups excluding tert-OH is 4. The number of hydrogen-bond donors (Lipinski definition) is 4. The Hall–Kier alpha value is -4.46. The van der Waals surface area contributed by atoms with E-state index in [2.05, 4.69) is 41.3 Å². The number of benzene rings is 4. The van der Waals surface area contributed by atoms with Gasteiger partial charge >= 0.3 is 0 Å². The molecule has 190 valence electrons. The molecule has 4 N–H and O–H groups in total. The van der Waals surface area contributed by atoms with Gasteiger partial charge in [-0.3, -0.25) is 0 Å².